The van der Waals surface area contributed by atoms with Crippen molar-refractivity contribution in [1.29, 1.82) is 0 Å². The lowest BCUT2D eigenvalue weighted by molar-refractivity contribution is 0.439. The standard InChI is InChI=1S/C25H19Cl2N3OS/c1-15-5-4-6-17(13-15)30-24(23(29-25(30)32)20-7-2-3-12-28-20)22-11-10-21(31-22)16-8-9-18(26)19(27)14-16/h2-14,23-24H,1H3,(H,29,32)/t23-,24-/m1/s1. The molecule has 0 radical (unpaired) electrons. The third kappa shape index (κ3) is 3.88. The average Bonchev–Trinajstić information content (AvgIpc) is 3.41. The molecule has 0 saturated carbocycles. The molecule has 2 aromatic heterocycles. The Hall–Kier alpha value is -2.86. The summed E-state index contributed by atoms with van der Waals surface area (Å²) in [5.41, 5.74) is 3.90. The van der Waals surface area contributed by atoms with Crippen LogP contribution in [0.1, 0.15) is 29.1 Å². The van der Waals surface area contributed by atoms with E-state index >= 15 is 0 Å². The van der Waals surface area contributed by atoms with Crippen molar-refractivity contribution < 1.29 is 4.42 Å². The van der Waals surface area contributed by atoms with Gasteiger partial charge in [0, 0.05) is 17.4 Å². The molecule has 160 valence electrons. The van der Waals surface area contributed by atoms with Gasteiger partial charge < -0.3 is 14.6 Å². The summed E-state index contributed by atoms with van der Waals surface area (Å²) in [6.45, 7) is 2.07. The first kappa shape index (κ1) is 21.0. The lowest BCUT2D eigenvalue weighted by atomic mass is 10.0. The Morgan fingerprint density at radius 2 is 1.84 bits per heavy atom. The van der Waals surface area contributed by atoms with Gasteiger partial charge in [-0.1, -0.05) is 41.4 Å². The molecule has 32 heavy (non-hydrogen) atoms. The summed E-state index contributed by atoms with van der Waals surface area (Å²) in [5, 5.41) is 5.07. The Kier molecular flexibility index (Phi) is 5.64. The van der Waals surface area contributed by atoms with Crippen LogP contribution in [0.4, 0.5) is 5.69 Å². The highest BCUT2D eigenvalue weighted by Gasteiger charge is 2.42. The minimum atomic E-state index is -0.212. The van der Waals surface area contributed by atoms with Crippen molar-refractivity contribution in [2.24, 2.45) is 0 Å². The van der Waals surface area contributed by atoms with E-state index in [4.69, 9.17) is 39.8 Å². The maximum Gasteiger partial charge on any atom is 0.174 e. The molecule has 0 unspecified atom stereocenters. The van der Waals surface area contributed by atoms with Crippen LogP contribution in [0.3, 0.4) is 0 Å². The molecule has 4 aromatic rings. The maximum absolute atomic E-state index is 6.36. The van der Waals surface area contributed by atoms with Crippen LogP contribution in [0.15, 0.2) is 83.4 Å². The predicted octanol–water partition coefficient (Wildman–Crippen LogP) is 7.13. The van der Waals surface area contributed by atoms with Gasteiger partial charge in [0.1, 0.15) is 17.6 Å². The first-order chi connectivity index (χ1) is 15.5. The molecule has 1 saturated heterocycles. The first-order valence-electron chi connectivity index (χ1n) is 10.1. The molecule has 0 aliphatic carbocycles. The molecule has 7 heteroatoms. The summed E-state index contributed by atoms with van der Waals surface area (Å²) >= 11 is 18.1. The summed E-state index contributed by atoms with van der Waals surface area (Å²) in [6, 6.07) is 23.1. The summed E-state index contributed by atoms with van der Waals surface area (Å²) < 4.78 is 6.36. The molecule has 1 N–H and O–H groups in total. The predicted molar refractivity (Wildman–Crippen MR) is 133 cm³/mol. The second kappa shape index (κ2) is 8.58. The van der Waals surface area contributed by atoms with Crippen LogP contribution in [-0.4, -0.2) is 10.1 Å². The lowest BCUT2D eigenvalue weighted by Gasteiger charge is -2.26. The van der Waals surface area contributed by atoms with Gasteiger partial charge in [0.15, 0.2) is 5.11 Å². The third-order valence-electron chi connectivity index (χ3n) is 5.50. The van der Waals surface area contributed by atoms with E-state index in [1.807, 2.05) is 42.5 Å². The molecule has 2 aromatic carbocycles. The SMILES string of the molecule is Cc1cccc(N2C(=S)N[C@H](c3ccccn3)[C@H]2c2ccc(-c3ccc(Cl)c(Cl)c3)o2)c1. The summed E-state index contributed by atoms with van der Waals surface area (Å²) in [6.07, 6.45) is 1.79. The molecule has 3 heterocycles. The van der Waals surface area contributed by atoms with Crippen LogP contribution < -0.4 is 10.2 Å². The van der Waals surface area contributed by atoms with Crippen molar-refractivity contribution in [3.63, 3.8) is 0 Å². The van der Waals surface area contributed by atoms with Crippen LogP contribution in [-0.2, 0) is 0 Å². The van der Waals surface area contributed by atoms with Gasteiger partial charge in [-0.3, -0.25) is 4.98 Å². The number of rotatable bonds is 4. The molecule has 1 aliphatic rings. The van der Waals surface area contributed by atoms with Crippen molar-refractivity contribution in [2.75, 3.05) is 4.90 Å². The zero-order valence-corrected chi connectivity index (χ0v) is 19.5. The van der Waals surface area contributed by atoms with Gasteiger partial charge in [0.05, 0.1) is 21.8 Å². The minimum absolute atomic E-state index is 0.169. The highest BCUT2D eigenvalue weighted by Crippen LogP contribution is 2.43. The van der Waals surface area contributed by atoms with Crippen molar-refractivity contribution in [3.8, 4) is 11.3 Å². The van der Waals surface area contributed by atoms with Gasteiger partial charge in [0.25, 0.3) is 0 Å². The van der Waals surface area contributed by atoms with Crippen molar-refractivity contribution in [2.45, 2.75) is 19.0 Å². The first-order valence-corrected chi connectivity index (χ1v) is 11.3. The average molecular weight is 480 g/mol. The molecule has 4 nitrogen and oxygen atoms in total. The zero-order valence-electron chi connectivity index (χ0n) is 17.1. The molecule has 0 spiro atoms. The Morgan fingerprint density at radius 3 is 2.59 bits per heavy atom. The zero-order chi connectivity index (χ0) is 22.2. The largest absolute Gasteiger partial charge is 0.459 e. The number of thiocarbonyl (C=S) groups is 1. The van der Waals surface area contributed by atoms with Crippen molar-refractivity contribution in [3.05, 3.63) is 106 Å². The Morgan fingerprint density at radius 1 is 0.969 bits per heavy atom. The molecule has 1 aliphatic heterocycles. The Balaban J connectivity index is 1.60. The van der Waals surface area contributed by atoms with Crippen LogP contribution in [0.25, 0.3) is 11.3 Å². The molecule has 1 fully saturated rings. The van der Waals surface area contributed by atoms with Crippen LogP contribution in [0, 0.1) is 6.92 Å². The monoisotopic (exact) mass is 479 g/mol. The number of furan rings is 1. The third-order valence-corrected chi connectivity index (χ3v) is 6.55. The number of aryl methyl sites for hydroxylation is 1. The van der Waals surface area contributed by atoms with Gasteiger partial charge >= 0.3 is 0 Å². The summed E-state index contributed by atoms with van der Waals surface area (Å²) in [5.74, 6) is 1.48. The van der Waals surface area contributed by atoms with Crippen molar-refractivity contribution in [1.82, 2.24) is 10.3 Å². The lowest BCUT2D eigenvalue weighted by Crippen LogP contribution is -2.29. The molecule has 2 atom stereocenters. The van der Waals surface area contributed by atoms with Gasteiger partial charge in [-0.25, -0.2) is 0 Å². The van der Waals surface area contributed by atoms with E-state index < -0.39 is 0 Å². The van der Waals surface area contributed by atoms with E-state index in [1.165, 1.54) is 0 Å². The fourth-order valence-electron chi connectivity index (χ4n) is 4.02. The van der Waals surface area contributed by atoms with Gasteiger partial charge in [0.2, 0.25) is 0 Å². The highest BCUT2D eigenvalue weighted by molar-refractivity contribution is 7.80. The number of pyridine rings is 1. The fraction of sp³-hybridized carbons (Fsp3) is 0.120. The Labute approximate surface area is 201 Å². The second-order valence-corrected chi connectivity index (χ2v) is 8.87. The molecular weight excluding hydrogens is 461 g/mol. The van der Waals surface area contributed by atoms with Gasteiger partial charge in [-0.05, 0) is 79.3 Å². The quantitative estimate of drug-likeness (QED) is 0.315. The van der Waals surface area contributed by atoms with E-state index in [1.54, 1.807) is 18.3 Å². The summed E-state index contributed by atoms with van der Waals surface area (Å²) in [7, 11) is 0. The summed E-state index contributed by atoms with van der Waals surface area (Å²) in [4.78, 5) is 6.68. The van der Waals surface area contributed by atoms with Crippen LogP contribution in [0.5, 0.6) is 0 Å². The van der Waals surface area contributed by atoms with E-state index in [0.29, 0.717) is 20.9 Å². The minimum Gasteiger partial charge on any atom is -0.459 e. The number of benzene rings is 2. The van der Waals surface area contributed by atoms with E-state index in [9.17, 15) is 0 Å². The number of aromatic nitrogens is 1. The van der Waals surface area contributed by atoms with Crippen molar-refractivity contribution >= 4 is 46.2 Å². The highest BCUT2D eigenvalue weighted by atomic mass is 35.5. The molecular formula is C25H19Cl2N3OS. The number of anilines is 1. The van der Waals surface area contributed by atoms with E-state index in [-0.39, 0.29) is 12.1 Å². The topological polar surface area (TPSA) is 41.3 Å². The number of halogens is 2. The smallest absolute Gasteiger partial charge is 0.174 e. The van der Waals surface area contributed by atoms with Gasteiger partial charge in [-0.15, -0.1) is 0 Å². The second-order valence-electron chi connectivity index (χ2n) is 7.67. The molecule has 0 bridgehead atoms. The van der Waals surface area contributed by atoms with E-state index in [2.05, 4.69) is 40.3 Å². The van der Waals surface area contributed by atoms with Gasteiger partial charge in [-0.2, -0.15) is 0 Å². The van der Waals surface area contributed by atoms with Crippen LogP contribution >= 0.6 is 35.4 Å². The number of hydrogen-bond acceptors (Lipinski definition) is 3. The number of hydrogen-bond donors (Lipinski definition) is 1. The molecule has 5 rings (SSSR count). The normalized spacial score (nSPS) is 18.1. The fourth-order valence-corrected chi connectivity index (χ4v) is 4.66. The molecule has 0 amide bonds. The Bertz CT molecular complexity index is 1290. The van der Waals surface area contributed by atoms with E-state index in [0.717, 1.165) is 28.3 Å². The maximum atomic E-state index is 6.36. The number of nitrogens with one attached hydrogen (secondary N) is 1. The van der Waals surface area contributed by atoms with Crippen LogP contribution in [0.2, 0.25) is 10.0 Å². The number of nitrogens with zero attached hydrogens (tertiary/aromatic N) is 2.